The maximum atomic E-state index is 13.1. The Morgan fingerprint density at radius 2 is 2.00 bits per heavy atom. The number of nitrogens with one attached hydrogen (secondary N) is 1. The van der Waals surface area contributed by atoms with Crippen LogP contribution in [0, 0.1) is 5.82 Å². The first-order chi connectivity index (χ1) is 11.4. The first-order valence-electron chi connectivity index (χ1n) is 6.76. The zero-order valence-corrected chi connectivity index (χ0v) is 13.3. The third kappa shape index (κ3) is 4.33. The van der Waals surface area contributed by atoms with E-state index in [1.165, 1.54) is 31.4 Å². The second-order valence-corrected chi connectivity index (χ2v) is 5.12. The Labute approximate surface area is 142 Å². The van der Waals surface area contributed by atoms with E-state index in [-0.39, 0.29) is 16.3 Å². The summed E-state index contributed by atoms with van der Waals surface area (Å²) in [7, 11) is 1.46. The lowest BCUT2D eigenvalue weighted by Crippen LogP contribution is -2.15. The predicted octanol–water partition coefficient (Wildman–Crippen LogP) is 3.75. The zero-order valence-electron chi connectivity index (χ0n) is 12.5. The van der Waals surface area contributed by atoms with E-state index in [4.69, 9.17) is 16.3 Å². The number of aliphatic hydroxyl groups excluding tert-OH is 1. The van der Waals surface area contributed by atoms with Crippen LogP contribution in [0.25, 0.3) is 0 Å². The minimum atomic E-state index is -0.922. The van der Waals surface area contributed by atoms with Crippen molar-refractivity contribution in [1.82, 2.24) is 0 Å². The monoisotopic (exact) mass is 349 g/mol. The molecule has 0 spiro atoms. The highest BCUT2D eigenvalue weighted by Gasteiger charge is 2.13. The average molecular weight is 350 g/mol. The minimum absolute atomic E-state index is 0.177. The molecule has 0 atom stereocenters. The van der Waals surface area contributed by atoms with Crippen molar-refractivity contribution in [3.63, 3.8) is 0 Å². The van der Waals surface area contributed by atoms with Crippen molar-refractivity contribution >= 4 is 29.0 Å². The lowest BCUT2D eigenvalue weighted by molar-refractivity contribution is -0.115. The number of carbonyl (C=O) groups excluding carboxylic acids is 2. The molecule has 0 aliphatic rings. The van der Waals surface area contributed by atoms with Gasteiger partial charge in [0.05, 0.1) is 12.1 Å². The highest BCUT2D eigenvalue weighted by molar-refractivity contribution is 6.31. The molecule has 7 heteroatoms. The van der Waals surface area contributed by atoms with Gasteiger partial charge in [0, 0.05) is 17.3 Å². The second kappa shape index (κ2) is 7.61. The fourth-order valence-electron chi connectivity index (χ4n) is 1.82. The number of aliphatic hydroxyl groups is 1. The Hall–Kier alpha value is -2.86. The predicted molar refractivity (Wildman–Crippen MR) is 88.1 cm³/mol. The number of hydrogen-bond donors (Lipinski definition) is 2. The Morgan fingerprint density at radius 3 is 2.67 bits per heavy atom. The standard InChI is InChI=1S/C17H13ClFNO4/c1-24-12-4-2-3-10(7-12)15(21)9-16(22)17(23)20-11-5-6-14(19)13(18)8-11/h2-9,22H,1H3,(H,20,23)/b16-9-. The van der Waals surface area contributed by atoms with Crippen molar-refractivity contribution < 1.29 is 23.8 Å². The molecule has 0 radical (unpaired) electrons. The molecule has 0 saturated heterocycles. The SMILES string of the molecule is COc1cccc(C(=O)/C=C(\O)C(=O)Nc2ccc(F)c(Cl)c2)c1. The Bertz CT molecular complexity index is 820. The van der Waals surface area contributed by atoms with Gasteiger partial charge in [0.15, 0.2) is 11.5 Å². The molecule has 0 heterocycles. The molecule has 2 rings (SSSR count). The van der Waals surface area contributed by atoms with Crippen molar-refractivity contribution in [2.75, 3.05) is 12.4 Å². The van der Waals surface area contributed by atoms with Crippen molar-refractivity contribution in [2.24, 2.45) is 0 Å². The molecule has 0 unspecified atom stereocenters. The average Bonchev–Trinajstić information content (AvgIpc) is 2.58. The van der Waals surface area contributed by atoms with Crippen LogP contribution in [0.15, 0.2) is 54.3 Å². The van der Waals surface area contributed by atoms with Crippen LogP contribution in [0.5, 0.6) is 5.75 Å². The molecule has 24 heavy (non-hydrogen) atoms. The summed E-state index contributed by atoms with van der Waals surface area (Å²) in [5.74, 6) is -2.45. The van der Waals surface area contributed by atoms with Crippen molar-refractivity contribution in [3.05, 3.63) is 70.7 Å². The van der Waals surface area contributed by atoms with Crippen LogP contribution in [0.3, 0.4) is 0 Å². The molecule has 0 aromatic heterocycles. The zero-order chi connectivity index (χ0) is 17.7. The molecule has 0 bridgehead atoms. The van der Waals surface area contributed by atoms with E-state index < -0.39 is 23.3 Å². The molecule has 124 valence electrons. The van der Waals surface area contributed by atoms with Gasteiger partial charge in [-0.1, -0.05) is 23.7 Å². The molecule has 0 aliphatic carbocycles. The number of methoxy groups -OCH3 is 1. The van der Waals surface area contributed by atoms with Crippen LogP contribution in [-0.2, 0) is 4.79 Å². The van der Waals surface area contributed by atoms with E-state index in [9.17, 15) is 19.1 Å². The summed E-state index contributed by atoms with van der Waals surface area (Å²) in [5.41, 5.74) is 0.429. The molecule has 0 saturated carbocycles. The minimum Gasteiger partial charge on any atom is -0.503 e. The van der Waals surface area contributed by atoms with Crippen LogP contribution in [-0.4, -0.2) is 23.9 Å². The largest absolute Gasteiger partial charge is 0.503 e. The van der Waals surface area contributed by atoms with Crippen LogP contribution in [0.1, 0.15) is 10.4 Å². The normalized spacial score (nSPS) is 11.0. The van der Waals surface area contributed by atoms with Gasteiger partial charge in [0.2, 0.25) is 0 Å². The van der Waals surface area contributed by atoms with Gasteiger partial charge in [-0.25, -0.2) is 4.39 Å². The molecular weight excluding hydrogens is 337 g/mol. The third-order valence-electron chi connectivity index (χ3n) is 3.03. The van der Waals surface area contributed by atoms with Gasteiger partial charge in [0.25, 0.3) is 5.91 Å². The summed E-state index contributed by atoms with van der Waals surface area (Å²) < 4.78 is 18.1. The van der Waals surface area contributed by atoms with Crippen LogP contribution < -0.4 is 10.1 Å². The number of ketones is 1. The number of amides is 1. The third-order valence-corrected chi connectivity index (χ3v) is 3.32. The quantitative estimate of drug-likeness (QED) is 0.489. The summed E-state index contributed by atoms with van der Waals surface area (Å²) in [6.45, 7) is 0. The van der Waals surface area contributed by atoms with Crippen LogP contribution >= 0.6 is 11.6 Å². The molecule has 2 N–H and O–H groups in total. The number of ether oxygens (including phenoxy) is 1. The summed E-state index contributed by atoms with van der Waals surface area (Å²) in [4.78, 5) is 23.9. The fraction of sp³-hybridized carbons (Fsp3) is 0.0588. The lowest BCUT2D eigenvalue weighted by atomic mass is 10.1. The number of anilines is 1. The Kier molecular flexibility index (Phi) is 5.55. The Morgan fingerprint density at radius 1 is 1.25 bits per heavy atom. The summed E-state index contributed by atoms with van der Waals surface area (Å²) in [6.07, 6.45) is 0.787. The molecule has 5 nitrogen and oxygen atoms in total. The highest BCUT2D eigenvalue weighted by Crippen LogP contribution is 2.20. The summed E-state index contributed by atoms with van der Waals surface area (Å²) in [5, 5.41) is 11.9. The molecule has 1 amide bonds. The number of rotatable bonds is 5. The first-order valence-corrected chi connectivity index (χ1v) is 7.14. The maximum Gasteiger partial charge on any atom is 0.290 e. The van der Waals surface area contributed by atoms with E-state index in [0.29, 0.717) is 5.75 Å². The smallest absolute Gasteiger partial charge is 0.290 e. The van der Waals surface area contributed by atoms with Gasteiger partial charge in [-0.2, -0.15) is 0 Å². The number of allylic oxidation sites excluding steroid dienone is 1. The van der Waals surface area contributed by atoms with Gasteiger partial charge < -0.3 is 15.2 Å². The van der Waals surface area contributed by atoms with E-state index >= 15 is 0 Å². The van der Waals surface area contributed by atoms with Crippen LogP contribution in [0.2, 0.25) is 5.02 Å². The molecule has 2 aromatic rings. The Balaban J connectivity index is 2.12. The summed E-state index contributed by atoms with van der Waals surface area (Å²) in [6, 6.07) is 9.79. The summed E-state index contributed by atoms with van der Waals surface area (Å²) >= 11 is 5.60. The van der Waals surface area contributed by atoms with Gasteiger partial charge in [0.1, 0.15) is 11.6 Å². The van der Waals surface area contributed by atoms with Crippen molar-refractivity contribution in [1.29, 1.82) is 0 Å². The molecule has 2 aromatic carbocycles. The van der Waals surface area contributed by atoms with E-state index in [0.717, 1.165) is 12.1 Å². The van der Waals surface area contributed by atoms with Crippen LogP contribution in [0.4, 0.5) is 10.1 Å². The molecule has 0 fully saturated rings. The highest BCUT2D eigenvalue weighted by atomic mass is 35.5. The van der Waals surface area contributed by atoms with Crippen molar-refractivity contribution in [2.45, 2.75) is 0 Å². The van der Waals surface area contributed by atoms with Crippen molar-refractivity contribution in [3.8, 4) is 5.75 Å². The number of hydrogen-bond acceptors (Lipinski definition) is 4. The topological polar surface area (TPSA) is 75.6 Å². The van der Waals surface area contributed by atoms with E-state index in [1.54, 1.807) is 12.1 Å². The van der Waals surface area contributed by atoms with Gasteiger partial charge in [-0.05, 0) is 30.3 Å². The number of carbonyl (C=O) groups is 2. The van der Waals surface area contributed by atoms with E-state index in [2.05, 4.69) is 5.32 Å². The molecular formula is C17H13ClFNO4. The van der Waals surface area contributed by atoms with Gasteiger partial charge >= 0.3 is 0 Å². The fourth-order valence-corrected chi connectivity index (χ4v) is 2.00. The molecule has 0 aliphatic heterocycles. The second-order valence-electron chi connectivity index (χ2n) is 4.71. The van der Waals surface area contributed by atoms with Gasteiger partial charge in [-0.3, -0.25) is 9.59 Å². The van der Waals surface area contributed by atoms with Gasteiger partial charge in [-0.15, -0.1) is 0 Å². The maximum absolute atomic E-state index is 13.1. The first kappa shape index (κ1) is 17.5. The lowest BCUT2D eigenvalue weighted by Gasteiger charge is -2.05. The number of benzene rings is 2. The number of halogens is 2. The van der Waals surface area contributed by atoms with E-state index in [1.807, 2.05) is 0 Å².